The Morgan fingerprint density at radius 3 is 2.50 bits per heavy atom. The summed E-state index contributed by atoms with van der Waals surface area (Å²) in [5.74, 6) is 0.119. The first kappa shape index (κ1) is 17.7. The van der Waals surface area contributed by atoms with Crippen molar-refractivity contribution in [1.29, 1.82) is 0 Å². The first-order chi connectivity index (χ1) is 12.6. The minimum absolute atomic E-state index is 0.223. The highest BCUT2D eigenvalue weighted by Gasteiger charge is 2.16. The minimum Gasteiger partial charge on any atom is -0.497 e. The van der Waals surface area contributed by atoms with Gasteiger partial charge in [0.1, 0.15) is 5.75 Å². The number of thiophene rings is 1. The Bertz CT molecular complexity index is 949. The summed E-state index contributed by atoms with van der Waals surface area (Å²) in [6.45, 7) is 1.88. The first-order valence-electron chi connectivity index (χ1n) is 7.98. The molecule has 1 aromatic heterocycles. The van der Waals surface area contributed by atoms with Crippen LogP contribution in [0.2, 0.25) is 0 Å². The molecule has 26 heavy (non-hydrogen) atoms. The highest BCUT2D eigenvalue weighted by atomic mass is 32.1. The minimum atomic E-state index is -0.308. The molecule has 0 aliphatic carbocycles. The van der Waals surface area contributed by atoms with Crippen molar-refractivity contribution in [2.45, 2.75) is 6.92 Å². The number of ether oxygens (including phenoxy) is 1. The number of rotatable bonds is 5. The number of para-hydroxylation sites is 1. The van der Waals surface area contributed by atoms with Gasteiger partial charge in [0.15, 0.2) is 0 Å². The Morgan fingerprint density at radius 1 is 0.962 bits per heavy atom. The van der Waals surface area contributed by atoms with Crippen LogP contribution in [-0.4, -0.2) is 18.9 Å². The van der Waals surface area contributed by atoms with Gasteiger partial charge < -0.3 is 15.4 Å². The normalized spacial score (nSPS) is 10.2. The van der Waals surface area contributed by atoms with Crippen molar-refractivity contribution in [3.8, 4) is 5.75 Å². The second-order valence-corrected chi connectivity index (χ2v) is 6.53. The van der Waals surface area contributed by atoms with Gasteiger partial charge >= 0.3 is 0 Å². The molecule has 1 heterocycles. The number of carbonyl (C=O) groups excluding carboxylic acids is 2. The Hall–Kier alpha value is -3.12. The van der Waals surface area contributed by atoms with Crippen molar-refractivity contribution in [1.82, 2.24) is 0 Å². The van der Waals surface area contributed by atoms with Gasteiger partial charge in [-0.25, -0.2) is 0 Å². The summed E-state index contributed by atoms with van der Waals surface area (Å²) in [7, 11) is 1.57. The molecule has 0 saturated heterocycles. The van der Waals surface area contributed by atoms with Crippen molar-refractivity contribution in [2.75, 3.05) is 17.7 Å². The predicted molar refractivity (Wildman–Crippen MR) is 104 cm³/mol. The fourth-order valence-electron chi connectivity index (χ4n) is 2.47. The van der Waals surface area contributed by atoms with Crippen LogP contribution >= 0.6 is 11.3 Å². The molecular formula is C20H18N2O3S. The monoisotopic (exact) mass is 366 g/mol. The lowest BCUT2D eigenvalue weighted by Gasteiger charge is -2.12. The maximum absolute atomic E-state index is 12.7. The van der Waals surface area contributed by atoms with Gasteiger partial charge in [-0.05, 0) is 48.2 Å². The zero-order valence-corrected chi connectivity index (χ0v) is 15.2. The summed E-state index contributed by atoms with van der Waals surface area (Å²) in [6.07, 6.45) is 0. The number of amides is 2. The average molecular weight is 366 g/mol. The quantitative estimate of drug-likeness (QED) is 0.695. The van der Waals surface area contributed by atoms with Crippen molar-refractivity contribution in [3.63, 3.8) is 0 Å². The van der Waals surface area contributed by atoms with Crippen LogP contribution in [0.25, 0.3) is 0 Å². The van der Waals surface area contributed by atoms with Gasteiger partial charge in [-0.15, -0.1) is 11.3 Å². The maximum atomic E-state index is 12.7. The molecule has 0 atom stereocenters. The van der Waals surface area contributed by atoms with Crippen LogP contribution < -0.4 is 15.4 Å². The molecule has 0 bridgehead atoms. The van der Waals surface area contributed by atoms with Gasteiger partial charge in [-0.3, -0.25) is 9.59 Å². The van der Waals surface area contributed by atoms with E-state index in [1.54, 1.807) is 55.6 Å². The van der Waals surface area contributed by atoms with Crippen LogP contribution in [0.5, 0.6) is 5.75 Å². The largest absolute Gasteiger partial charge is 0.497 e. The maximum Gasteiger partial charge on any atom is 0.266 e. The zero-order chi connectivity index (χ0) is 18.5. The van der Waals surface area contributed by atoms with Crippen LogP contribution in [0.15, 0.2) is 60.0 Å². The fourth-order valence-corrected chi connectivity index (χ4v) is 3.29. The molecular weight excluding hydrogens is 348 g/mol. The van der Waals surface area contributed by atoms with E-state index < -0.39 is 0 Å². The molecule has 132 valence electrons. The number of benzene rings is 2. The van der Waals surface area contributed by atoms with E-state index in [-0.39, 0.29) is 11.8 Å². The SMILES string of the molecule is COc1cccc(NC(=O)c2ccccc2NC(=O)c2sccc2C)c1. The summed E-state index contributed by atoms with van der Waals surface area (Å²) in [6, 6.07) is 15.9. The van der Waals surface area contributed by atoms with Crippen molar-refractivity contribution >= 4 is 34.5 Å². The van der Waals surface area contributed by atoms with E-state index in [1.807, 2.05) is 18.4 Å². The average Bonchev–Trinajstić information content (AvgIpc) is 3.08. The number of nitrogens with one attached hydrogen (secondary N) is 2. The van der Waals surface area contributed by atoms with Gasteiger partial charge in [0, 0.05) is 11.8 Å². The molecule has 6 heteroatoms. The standard InChI is InChI=1S/C20H18N2O3S/c1-13-10-11-26-18(13)20(24)22-17-9-4-3-8-16(17)19(23)21-14-6-5-7-15(12-14)25-2/h3-12H,1-2H3,(H,21,23)(H,22,24). The summed E-state index contributed by atoms with van der Waals surface area (Å²) in [4.78, 5) is 25.8. The summed E-state index contributed by atoms with van der Waals surface area (Å²) < 4.78 is 5.16. The van der Waals surface area contributed by atoms with Crippen molar-refractivity contribution in [2.24, 2.45) is 0 Å². The van der Waals surface area contributed by atoms with E-state index in [0.29, 0.717) is 27.6 Å². The third-order valence-electron chi connectivity index (χ3n) is 3.82. The number of methoxy groups -OCH3 is 1. The second-order valence-electron chi connectivity index (χ2n) is 5.62. The first-order valence-corrected chi connectivity index (χ1v) is 8.86. The molecule has 2 aromatic carbocycles. The molecule has 0 saturated carbocycles. The number of aryl methyl sites for hydroxylation is 1. The van der Waals surface area contributed by atoms with Gasteiger partial charge in [0.05, 0.1) is 23.2 Å². The second kappa shape index (κ2) is 7.84. The topological polar surface area (TPSA) is 67.4 Å². The molecule has 0 unspecified atom stereocenters. The van der Waals surface area contributed by atoms with E-state index in [4.69, 9.17) is 4.74 Å². The van der Waals surface area contributed by atoms with Crippen LogP contribution in [0, 0.1) is 6.92 Å². The van der Waals surface area contributed by atoms with Crippen LogP contribution in [0.4, 0.5) is 11.4 Å². The fraction of sp³-hybridized carbons (Fsp3) is 0.100. The number of hydrogen-bond acceptors (Lipinski definition) is 4. The van der Waals surface area contributed by atoms with E-state index in [9.17, 15) is 9.59 Å². The molecule has 5 nitrogen and oxygen atoms in total. The van der Waals surface area contributed by atoms with E-state index in [2.05, 4.69) is 10.6 Å². The molecule has 0 aliphatic rings. The lowest BCUT2D eigenvalue weighted by atomic mass is 10.1. The summed E-state index contributed by atoms with van der Waals surface area (Å²) >= 11 is 1.37. The van der Waals surface area contributed by atoms with Gasteiger partial charge in [-0.1, -0.05) is 18.2 Å². The van der Waals surface area contributed by atoms with Crippen LogP contribution in [0.1, 0.15) is 25.6 Å². The Morgan fingerprint density at radius 2 is 1.77 bits per heavy atom. The van der Waals surface area contributed by atoms with Gasteiger partial charge in [0.25, 0.3) is 11.8 Å². The smallest absolute Gasteiger partial charge is 0.266 e. The van der Waals surface area contributed by atoms with E-state index in [1.165, 1.54) is 11.3 Å². The van der Waals surface area contributed by atoms with Crippen molar-refractivity contribution in [3.05, 3.63) is 76.0 Å². The van der Waals surface area contributed by atoms with E-state index >= 15 is 0 Å². The van der Waals surface area contributed by atoms with Crippen molar-refractivity contribution < 1.29 is 14.3 Å². The third-order valence-corrected chi connectivity index (χ3v) is 4.83. The molecule has 0 spiro atoms. The molecule has 3 aromatic rings. The summed E-state index contributed by atoms with van der Waals surface area (Å²) in [5, 5.41) is 7.52. The number of anilines is 2. The molecule has 0 fully saturated rings. The zero-order valence-electron chi connectivity index (χ0n) is 14.4. The third kappa shape index (κ3) is 3.92. The highest BCUT2D eigenvalue weighted by Crippen LogP contribution is 2.22. The Balaban J connectivity index is 1.81. The van der Waals surface area contributed by atoms with E-state index in [0.717, 1.165) is 5.56 Å². The number of carbonyl (C=O) groups is 2. The molecule has 2 amide bonds. The Kier molecular flexibility index (Phi) is 5.34. The van der Waals surface area contributed by atoms with Gasteiger partial charge in [0.2, 0.25) is 0 Å². The highest BCUT2D eigenvalue weighted by molar-refractivity contribution is 7.12. The summed E-state index contributed by atoms with van der Waals surface area (Å²) in [5.41, 5.74) is 2.37. The lowest BCUT2D eigenvalue weighted by molar-refractivity contribution is 0.102. The molecule has 0 radical (unpaired) electrons. The van der Waals surface area contributed by atoms with Crippen LogP contribution in [-0.2, 0) is 0 Å². The number of hydrogen-bond donors (Lipinski definition) is 2. The molecule has 0 aliphatic heterocycles. The van der Waals surface area contributed by atoms with Gasteiger partial charge in [-0.2, -0.15) is 0 Å². The predicted octanol–water partition coefficient (Wildman–Crippen LogP) is 4.57. The lowest BCUT2D eigenvalue weighted by Crippen LogP contribution is -2.18. The van der Waals surface area contributed by atoms with Crippen LogP contribution in [0.3, 0.4) is 0 Å². The Labute approximate surface area is 155 Å². The molecule has 2 N–H and O–H groups in total. The molecule has 3 rings (SSSR count).